The van der Waals surface area contributed by atoms with Crippen molar-refractivity contribution in [1.29, 1.82) is 0 Å². The molecule has 1 heterocycles. The van der Waals surface area contributed by atoms with E-state index >= 15 is 0 Å². The van der Waals surface area contributed by atoms with E-state index in [0.717, 1.165) is 43.7 Å². The predicted octanol–water partition coefficient (Wildman–Crippen LogP) is 3.79. The molecule has 2 fully saturated rings. The summed E-state index contributed by atoms with van der Waals surface area (Å²) < 4.78 is 0. The highest BCUT2D eigenvalue weighted by molar-refractivity contribution is 6.31. The second kappa shape index (κ2) is 7.54. The minimum absolute atomic E-state index is 0.0490. The fourth-order valence-corrected chi connectivity index (χ4v) is 3.95. The van der Waals surface area contributed by atoms with E-state index in [1.807, 2.05) is 18.2 Å². The van der Waals surface area contributed by atoms with Crippen LogP contribution in [0.5, 0.6) is 0 Å². The summed E-state index contributed by atoms with van der Waals surface area (Å²) in [6, 6.07) is 5.94. The molecule has 1 aromatic rings. The first kappa shape index (κ1) is 16.6. The normalized spacial score (nSPS) is 24.7. The van der Waals surface area contributed by atoms with Crippen molar-refractivity contribution in [3.8, 4) is 0 Å². The van der Waals surface area contributed by atoms with Gasteiger partial charge in [-0.05, 0) is 56.2 Å². The Bertz CT molecular complexity index is 557. The van der Waals surface area contributed by atoms with Gasteiger partial charge >= 0.3 is 0 Å². The molecule has 0 bridgehead atoms. The van der Waals surface area contributed by atoms with Gasteiger partial charge < -0.3 is 16.0 Å². The summed E-state index contributed by atoms with van der Waals surface area (Å²) in [4.78, 5) is 14.8. The highest BCUT2D eigenvalue weighted by Crippen LogP contribution is 2.32. The average molecular weight is 336 g/mol. The Morgan fingerprint density at radius 1 is 1.22 bits per heavy atom. The van der Waals surface area contributed by atoms with E-state index < -0.39 is 0 Å². The lowest BCUT2D eigenvalue weighted by Gasteiger charge is -2.30. The molecule has 5 heteroatoms. The molecule has 3 N–H and O–H groups in total. The van der Waals surface area contributed by atoms with Crippen molar-refractivity contribution in [3.63, 3.8) is 0 Å². The summed E-state index contributed by atoms with van der Waals surface area (Å²) in [5.74, 6) is 0.362. The number of benzene rings is 1. The molecule has 1 aliphatic heterocycles. The molecular formula is C18H26ClN3O. The lowest BCUT2D eigenvalue weighted by molar-refractivity contribution is -0.117. The Kier molecular flexibility index (Phi) is 5.44. The number of rotatable bonds is 4. The Morgan fingerprint density at radius 2 is 2.00 bits per heavy atom. The minimum atomic E-state index is 0.0490. The fraction of sp³-hybridized carbons (Fsp3) is 0.611. The van der Waals surface area contributed by atoms with Crippen LogP contribution in [0.3, 0.4) is 0 Å². The number of piperidine rings is 1. The predicted molar refractivity (Wildman–Crippen MR) is 96.1 cm³/mol. The van der Waals surface area contributed by atoms with Crippen LogP contribution < -0.4 is 16.0 Å². The third-order valence-corrected chi connectivity index (χ3v) is 5.33. The van der Waals surface area contributed by atoms with Gasteiger partial charge in [-0.25, -0.2) is 0 Å². The second-order valence-electron chi connectivity index (χ2n) is 6.82. The maximum absolute atomic E-state index is 12.4. The van der Waals surface area contributed by atoms with Crippen LogP contribution >= 0.6 is 11.6 Å². The summed E-state index contributed by atoms with van der Waals surface area (Å²) in [6.07, 6.45) is 7.42. The quantitative estimate of drug-likeness (QED) is 0.880. The SMILES string of the molecule is N[C@@H]1CCC[C@H]1CC(=O)Nc1cc(Cl)ccc1N1CCCCC1. The second-order valence-corrected chi connectivity index (χ2v) is 7.25. The number of hydrogen-bond donors (Lipinski definition) is 2. The van der Waals surface area contributed by atoms with Crippen molar-refractivity contribution in [2.45, 2.75) is 51.0 Å². The van der Waals surface area contributed by atoms with E-state index in [2.05, 4.69) is 10.2 Å². The zero-order valence-corrected chi connectivity index (χ0v) is 14.3. The monoisotopic (exact) mass is 335 g/mol. The molecule has 126 valence electrons. The average Bonchev–Trinajstić information content (AvgIpc) is 2.93. The zero-order valence-electron chi connectivity index (χ0n) is 13.6. The number of nitrogens with zero attached hydrogens (tertiary/aromatic N) is 1. The largest absolute Gasteiger partial charge is 0.370 e. The molecule has 0 aromatic heterocycles. The third kappa shape index (κ3) is 4.18. The van der Waals surface area contributed by atoms with Gasteiger partial charge in [-0.2, -0.15) is 0 Å². The maximum Gasteiger partial charge on any atom is 0.224 e. The van der Waals surface area contributed by atoms with Gasteiger partial charge in [0.1, 0.15) is 0 Å². The van der Waals surface area contributed by atoms with E-state index in [0.29, 0.717) is 17.4 Å². The topological polar surface area (TPSA) is 58.4 Å². The van der Waals surface area contributed by atoms with Crippen LogP contribution in [0.15, 0.2) is 18.2 Å². The van der Waals surface area contributed by atoms with Gasteiger partial charge in [-0.3, -0.25) is 4.79 Å². The number of carbonyl (C=O) groups is 1. The molecule has 1 saturated heterocycles. The first-order valence-corrected chi connectivity index (χ1v) is 9.11. The van der Waals surface area contributed by atoms with Crippen molar-refractivity contribution in [1.82, 2.24) is 0 Å². The number of nitrogens with two attached hydrogens (primary N) is 1. The van der Waals surface area contributed by atoms with Gasteiger partial charge in [0, 0.05) is 30.6 Å². The summed E-state index contributed by atoms with van der Waals surface area (Å²) >= 11 is 6.14. The fourth-order valence-electron chi connectivity index (χ4n) is 3.78. The van der Waals surface area contributed by atoms with Crippen molar-refractivity contribution in [2.24, 2.45) is 11.7 Å². The smallest absolute Gasteiger partial charge is 0.224 e. The van der Waals surface area contributed by atoms with Gasteiger partial charge in [0.2, 0.25) is 5.91 Å². The van der Waals surface area contributed by atoms with Gasteiger partial charge in [-0.15, -0.1) is 0 Å². The maximum atomic E-state index is 12.4. The summed E-state index contributed by atoms with van der Waals surface area (Å²) in [5.41, 5.74) is 7.99. The van der Waals surface area contributed by atoms with E-state index in [9.17, 15) is 4.79 Å². The van der Waals surface area contributed by atoms with Crippen LogP contribution in [0, 0.1) is 5.92 Å². The molecule has 1 aliphatic carbocycles. The van der Waals surface area contributed by atoms with E-state index in [4.69, 9.17) is 17.3 Å². The lowest BCUT2D eigenvalue weighted by Crippen LogP contribution is -2.31. The van der Waals surface area contributed by atoms with Crippen molar-refractivity contribution >= 4 is 28.9 Å². The summed E-state index contributed by atoms with van der Waals surface area (Å²) in [7, 11) is 0. The Morgan fingerprint density at radius 3 is 2.70 bits per heavy atom. The van der Waals surface area contributed by atoms with Gasteiger partial charge in [0.25, 0.3) is 0 Å². The van der Waals surface area contributed by atoms with E-state index in [1.165, 1.54) is 19.3 Å². The summed E-state index contributed by atoms with van der Waals surface area (Å²) in [6.45, 7) is 2.08. The Balaban J connectivity index is 1.70. The molecule has 0 spiro atoms. The molecule has 2 aliphatic rings. The minimum Gasteiger partial charge on any atom is -0.370 e. The number of amides is 1. The number of halogens is 1. The van der Waals surface area contributed by atoms with Gasteiger partial charge in [0.05, 0.1) is 11.4 Å². The highest BCUT2D eigenvalue weighted by Gasteiger charge is 2.26. The first-order chi connectivity index (χ1) is 11.1. The molecule has 4 nitrogen and oxygen atoms in total. The molecule has 0 radical (unpaired) electrons. The molecule has 1 aromatic carbocycles. The van der Waals surface area contributed by atoms with Gasteiger partial charge in [-0.1, -0.05) is 18.0 Å². The Labute approximate surface area is 143 Å². The van der Waals surface area contributed by atoms with Crippen LogP contribution in [-0.4, -0.2) is 25.0 Å². The molecule has 23 heavy (non-hydrogen) atoms. The molecule has 0 unspecified atom stereocenters. The summed E-state index contributed by atoms with van der Waals surface area (Å²) in [5, 5.41) is 3.73. The van der Waals surface area contributed by atoms with Crippen molar-refractivity contribution < 1.29 is 4.79 Å². The Hall–Kier alpha value is -1.26. The van der Waals surface area contributed by atoms with Crippen LogP contribution in [0.2, 0.25) is 5.02 Å². The van der Waals surface area contributed by atoms with E-state index in [1.54, 1.807) is 0 Å². The van der Waals surface area contributed by atoms with Crippen LogP contribution in [0.25, 0.3) is 0 Å². The number of carbonyl (C=O) groups excluding carboxylic acids is 1. The number of hydrogen-bond acceptors (Lipinski definition) is 3. The van der Waals surface area contributed by atoms with Crippen molar-refractivity contribution in [3.05, 3.63) is 23.2 Å². The molecule has 1 saturated carbocycles. The van der Waals surface area contributed by atoms with Crippen LogP contribution in [-0.2, 0) is 4.79 Å². The van der Waals surface area contributed by atoms with Crippen LogP contribution in [0.4, 0.5) is 11.4 Å². The molecule has 1 amide bonds. The molecular weight excluding hydrogens is 310 g/mol. The highest BCUT2D eigenvalue weighted by atomic mass is 35.5. The zero-order chi connectivity index (χ0) is 16.2. The van der Waals surface area contributed by atoms with Gasteiger partial charge in [0.15, 0.2) is 0 Å². The third-order valence-electron chi connectivity index (χ3n) is 5.09. The lowest BCUT2D eigenvalue weighted by atomic mass is 10.00. The molecule has 3 rings (SSSR count). The number of nitrogens with one attached hydrogen (secondary N) is 1. The van der Waals surface area contributed by atoms with Crippen molar-refractivity contribution in [2.75, 3.05) is 23.3 Å². The van der Waals surface area contributed by atoms with Crippen LogP contribution in [0.1, 0.15) is 44.9 Å². The first-order valence-electron chi connectivity index (χ1n) is 8.73. The standard InChI is InChI=1S/C18H26ClN3O/c19-14-7-8-17(22-9-2-1-3-10-22)16(12-14)21-18(23)11-13-5-4-6-15(13)20/h7-8,12-13,15H,1-6,9-11,20H2,(H,21,23)/t13-,15+/m0/s1. The van der Waals surface area contributed by atoms with E-state index in [-0.39, 0.29) is 11.9 Å². The molecule has 2 atom stereocenters. The number of anilines is 2.